The molecule has 7 rings (SSSR count). The van der Waals surface area contributed by atoms with E-state index in [2.05, 4.69) is 9.88 Å². The molecule has 0 saturated carbocycles. The van der Waals surface area contributed by atoms with Gasteiger partial charge in [0.2, 0.25) is 0 Å². The number of aromatic amines is 1. The second-order valence-electron chi connectivity index (χ2n) is 12.0. The molecule has 0 bridgehead atoms. The number of H-pyrrole nitrogens is 1. The van der Waals surface area contributed by atoms with Crippen LogP contribution < -0.4 is 14.4 Å². The van der Waals surface area contributed by atoms with Crippen LogP contribution in [0.5, 0.6) is 11.5 Å². The van der Waals surface area contributed by atoms with Gasteiger partial charge >= 0.3 is 196 Å². The first-order valence-corrected chi connectivity index (χ1v) is 20.4. The molecule has 0 unspecified atom stereocenters. The molecule has 4 heterocycles. The van der Waals surface area contributed by atoms with E-state index in [0.29, 0.717) is 44.3 Å². The van der Waals surface area contributed by atoms with E-state index in [0.717, 1.165) is 69.1 Å². The van der Waals surface area contributed by atoms with Crippen molar-refractivity contribution in [2.75, 3.05) is 56.4 Å². The summed E-state index contributed by atoms with van der Waals surface area (Å²) in [6, 6.07) is 17.7. The van der Waals surface area contributed by atoms with Crippen molar-refractivity contribution in [3.05, 3.63) is 65.9 Å². The molecule has 1 aromatic heterocycles. The van der Waals surface area contributed by atoms with E-state index in [1.165, 1.54) is 19.5 Å². The SMILES string of the molecule is CN(C(=O)Oc1cc2c(c3ccccc13)[C@H](CCl)CN2C(=O)c1cc2cc(OCCCN3CCC3)ccc2[nH]1)[C@H]1CCS[Se]C1. The van der Waals surface area contributed by atoms with Crippen molar-refractivity contribution in [2.45, 2.75) is 36.5 Å². The third-order valence-electron chi connectivity index (χ3n) is 9.13. The molecular formula is C34H37ClN4O4SSe. The number of alkyl halides is 1. The molecule has 3 aromatic carbocycles. The van der Waals surface area contributed by atoms with Crippen LogP contribution in [0.2, 0.25) is 5.32 Å². The summed E-state index contributed by atoms with van der Waals surface area (Å²) < 4.78 is 12.1. The number of likely N-dealkylation sites (tertiary alicyclic amines) is 1. The summed E-state index contributed by atoms with van der Waals surface area (Å²) in [6.45, 7) is 4.57. The molecule has 236 valence electrons. The Labute approximate surface area is 277 Å². The molecule has 3 aliphatic rings. The van der Waals surface area contributed by atoms with Crippen LogP contribution in [-0.4, -0.2) is 98.1 Å². The van der Waals surface area contributed by atoms with Crippen molar-refractivity contribution in [3.8, 4) is 11.5 Å². The van der Waals surface area contributed by atoms with Crippen LogP contribution in [0, 0.1) is 0 Å². The van der Waals surface area contributed by atoms with Crippen LogP contribution in [0.15, 0.2) is 54.6 Å². The number of fused-ring (bicyclic) bond motifs is 4. The third-order valence-corrected chi connectivity index (χ3v) is 14.0. The number of rotatable bonds is 9. The van der Waals surface area contributed by atoms with Gasteiger partial charge in [-0.3, -0.25) is 0 Å². The number of halogens is 1. The molecule has 4 aromatic rings. The summed E-state index contributed by atoms with van der Waals surface area (Å²) in [5.74, 6) is 2.50. The molecule has 2 saturated heterocycles. The zero-order valence-corrected chi connectivity index (χ0v) is 28.6. The Hall–Kier alpha value is -2.88. The quantitative estimate of drug-likeness (QED) is 0.118. The molecule has 2 atom stereocenters. The second kappa shape index (κ2) is 13.5. The number of amides is 2. The van der Waals surface area contributed by atoms with E-state index < -0.39 is 0 Å². The first kappa shape index (κ1) is 30.8. The Bertz CT molecular complexity index is 1720. The van der Waals surface area contributed by atoms with Crippen molar-refractivity contribution in [1.82, 2.24) is 14.8 Å². The first-order valence-electron chi connectivity index (χ1n) is 15.6. The fraction of sp³-hybridized carbons (Fsp3) is 0.412. The van der Waals surface area contributed by atoms with Gasteiger partial charge in [-0.05, 0) is 44.1 Å². The third kappa shape index (κ3) is 6.28. The van der Waals surface area contributed by atoms with Crippen LogP contribution in [0.25, 0.3) is 21.7 Å². The standard InChI is InChI=1S/C34H37ClN4O4SSe/c1-37(24-10-15-44-45-21-24)34(41)43-31-18-30-32(27-7-3-2-6-26(27)31)23(19-35)20-39(30)33(40)29-17-22-16-25(8-9-28(22)36-29)42-14-5-13-38-11-4-12-38/h2-3,6-9,16-18,23-24,36H,4-5,10-15,19-21H2,1H3/t23-,24+/m1/s1. The average Bonchev–Trinajstić information content (AvgIpc) is 3.65. The van der Waals surface area contributed by atoms with Crippen molar-refractivity contribution >= 4 is 75.0 Å². The van der Waals surface area contributed by atoms with E-state index in [9.17, 15) is 9.59 Å². The van der Waals surface area contributed by atoms with Gasteiger partial charge in [-0.1, -0.05) is 0 Å². The monoisotopic (exact) mass is 712 g/mol. The van der Waals surface area contributed by atoms with Gasteiger partial charge in [-0.15, -0.1) is 0 Å². The molecule has 11 heteroatoms. The maximum absolute atomic E-state index is 14.1. The van der Waals surface area contributed by atoms with E-state index in [-0.39, 0.29) is 24.0 Å². The topological polar surface area (TPSA) is 78.1 Å². The number of carbonyl (C=O) groups is 2. The molecule has 2 fully saturated rings. The summed E-state index contributed by atoms with van der Waals surface area (Å²) in [6.07, 6.45) is 2.89. The number of nitrogens with one attached hydrogen (secondary N) is 1. The fourth-order valence-electron chi connectivity index (χ4n) is 6.43. The molecule has 0 spiro atoms. The number of carbonyl (C=O) groups excluding carboxylic acids is 2. The summed E-state index contributed by atoms with van der Waals surface area (Å²) in [5, 5.41) is 3.73. The van der Waals surface area contributed by atoms with Gasteiger partial charge in [-0.25, -0.2) is 0 Å². The molecule has 2 amide bonds. The number of aromatic nitrogens is 1. The number of nitrogens with zero attached hydrogens (tertiary/aromatic N) is 3. The molecule has 8 nitrogen and oxygen atoms in total. The van der Waals surface area contributed by atoms with Gasteiger partial charge in [0.25, 0.3) is 0 Å². The number of benzene rings is 3. The normalized spacial score (nSPS) is 19.8. The van der Waals surface area contributed by atoms with Crippen LogP contribution in [-0.2, 0) is 0 Å². The Kier molecular flexibility index (Phi) is 9.20. The van der Waals surface area contributed by atoms with Crippen molar-refractivity contribution in [3.63, 3.8) is 0 Å². The Morgan fingerprint density at radius 3 is 2.73 bits per heavy atom. The number of hydrogen-bond acceptors (Lipinski definition) is 6. The minimum atomic E-state index is -0.369. The number of ether oxygens (including phenoxy) is 2. The molecule has 0 radical (unpaired) electrons. The fourth-order valence-corrected chi connectivity index (χ4v) is 11.2. The van der Waals surface area contributed by atoms with Crippen molar-refractivity contribution < 1.29 is 19.1 Å². The number of hydrogen-bond donors (Lipinski definition) is 1. The van der Waals surface area contributed by atoms with Crippen LogP contribution in [0.3, 0.4) is 0 Å². The molecule has 0 aliphatic carbocycles. The van der Waals surface area contributed by atoms with Gasteiger partial charge in [-0.2, -0.15) is 0 Å². The Morgan fingerprint density at radius 2 is 1.98 bits per heavy atom. The summed E-state index contributed by atoms with van der Waals surface area (Å²) in [7, 11) is 3.81. The Balaban J connectivity index is 1.15. The predicted octanol–water partition coefficient (Wildman–Crippen LogP) is 6.75. The molecule has 3 aliphatic heterocycles. The molecule has 45 heavy (non-hydrogen) atoms. The van der Waals surface area contributed by atoms with E-state index in [1.54, 1.807) is 9.80 Å². The van der Waals surface area contributed by atoms with Gasteiger partial charge in [0, 0.05) is 17.4 Å². The van der Waals surface area contributed by atoms with E-state index >= 15 is 0 Å². The van der Waals surface area contributed by atoms with E-state index in [1.807, 2.05) is 71.8 Å². The first-order chi connectivity index (χ1) is 22.0. The van der Waals surface area contributed by atoms with Gasteiger partial charge in [0.05, 0.1) is 6.61 Å². The second-order valence-corrected chi connectivity index (χ2v) is 16.8. The average molecular weight is 712 g/mol. The van der Waals surface area contributed by atoms with Crippen molar-refractivity contribution in [2.24, 2.45) is 0 Å². The van der Waals surface area contributed by atoms with Crippen LogP contribution in [0.4, 0.5) is 10.5 Å². The Morgan fingerprint density at radius 1 is 1.13 bits per heavy atom. The summed E-state index contributed by atoms with van der Waals surface area (Å²) in [4.78, 5) is 36.7. The van der Waals surface area contributed by atoms with Gasteiger partial charge in [0.1, 0.15) is 5.75 Å². The zero-order valence-electron chi connectivity index (χ0n) is 25.3. The minimum absolute atomic E-state index is 0.0504. The van der Waals surface area contributed by atoms with Gasteiger partial charge in [0.15, 0.2) is 0 Å². The van der Waals surface area contributed by atoms with E-state index in [4.69, 9.17) is 21.1 Å². The molecule has 1 N–H and O–H groups in total. The van der Waals surface area contributed by atoms with Crippen LogP contribution >= 0.6 is 21.8 Å². The predicted molar refractivity (Wildman–Crippen MR) is 184 cm³/mol. The summed E-state index contributed by atoms with van der Waals surface area (Å²) in [5.41, 5.74) is 3.11. The van der Waals surface area contributed by atoms with Crippen LogP contribution in [0.1, 0.15) is 41.2 Å². The van der Waals surface area contributed by atoms with Gasteiger partial charge < -0.3 is 9.64 Å². The zero-order chi connectivity index (χ0) is 30.9. The molecular weight excluding hydrogens is 675 g/mol. The number of anilines is 1. The summed E-state index contributed by atoms with van der Waals surface area (Å²) >= 11 is 7.00. The maximum atomic E-state index is 14.1. The van der Waals surface area contributed by atoms with Crippen molar-refractivity contribution in [1.29, 1.82) is 0 Å².